The predicted molar refractivity (Wildman–Crippen MR) is 117 cm³/mol. The molecular formula is C21H12F11IN2O2. The van der Waals surface area contributed by atoms with Crippen molar-refractivity contribution in [1.82, 2.24) is 0 Å². The van der Waals surface area contributed by atoms with E-state index >= 15 is 0 Å². The lowest BCUT2D eigenvalue weighted by Crippen LogP contribution is -2.50. The molecule has 0 saturated carbocycles. The van der Waals surface area contributed by atoms with Crippen molar-refractivity contribution in [3.8, 4) is 0 Å². The second-order valence-corrected chi connectivity index (χ2v) is 8.33. The van der Waals surface area contributed by atoms with Gasteiger partial charge < -0.3 is 10.2 Å². The summed E-state index contributed by atoms with van der Waals surface area (Å²) < 4.78 is 148. The number of nitrogens with zero attached hydrogens (tertiary/aromatic N) is 1. The Hall–Kier alpha value is -2.92. The van der Waals surface area contributed by atoms with E-state index in [4.69, 9.17) is 0 Å². The maximum atomic E-state index is 14.9. The van der Waals surface area contributed by atoms with Crippen molar-refractivity contribution < 1.29 is 57.9 Å². The van der Waals surface area contributed by atoms with Crippen molar-refractivity contribution in [2.75, 3.05) is 16.8 Å². The third kappa shape index (κ3) is 5.82. The Kier molecular flexibility index (Phi) is 8.56. The fourth-order valence-corrected chi connectivity index (χ4v) is 3.84. The number of alkyl halides is 10. The van der Waals surface area contributed by atoms with E-state index in [0.717, 1.165) is 45.7 Å². The molecule has 2 amide bonds. The molecular weight excluding hydrogens is 648 g/mol. The van der Waals surface area contributed by atoms with Crippen molar-refractivity contribution in [3.05, 3.63) is 69.1 Å². The molecule has 0 aliphatic carbocycles. The quantitative estimate of drug-likeness (QED) is 0.149. The standard InChI is InChI=1S/C21H12F11IN2O2/c1-2-6-35(9-36)14-5-3-4-11(15(14)22)17(37)34-16-12(19(24,25)26)7-10(8-13(16)33)18(23,20(27,28)29)21(30,31)32/h2-5,7-9H,1,6H2,(H,34,37). The van der Waals surface area contributed by atoms with Gasteiger partial charge in [-0.25, -0.2) is 8.78 Å². The molecule has 0 saturated heterocycles. The topological polar surface area (TPSA) is 49.4 Å². The van der Waals surface area contributed by atoms with E-state index < -0.39 is 73.6 Å². The highest BCUT2D eigenvalue weighted by Gasteiger charge is 2.73. The first-order chi connectivity index (χ1) is 16.8. The molecule has 4 nitrogen and oxygen atoms in total. The van der Waals surface area contributed by atoms with Crippen LogP contribution in [-0.4, -0.2) is 31.2 Å². The fourth-order valence-electron chi connectivity index (χ4n) is 3.08. The van der Waals surface area contributed by atoms with Gasteiger partial charge in [-0.15, -0.1) is 6.58 Å². The molecule has 0 unspecified atom stereocenters. The Morgan fingerprint density at radius 3 is 2.03 bits per heavy atom. The molecule has 0 radical (unpaired) electrons. The fraction of sp³-hybridized carbons (Fsp3) is 0.238. The van der Waals surface area contributed by atoms with Crippen molar-refractivity contribution >= 4 is 46.3 Å². The van der Waals surface area contributed by atoms with Crippen LogP contribution < -0.4 is 10.2 Å². The molecule has 0 aliphatic heterocycles. The maximum Gasteiger partial charge on any atom is 0.435 e. The zero-order chi connectivity index (χ0) is 28.6. The Bertz CT molecular complexity index is 1190. The van der Waals surface area contributed by atoms with Gasteiger partial charge >= 0.3 is 24.2 Å². The van der Waals surface area contributed by atoms with E-state index in [1.807, 2.05) is 0 Å². The minimum atomic E-state index is -6.69. The molecule has 37 heavy (non-hydrogen) atoms. The third-order valence-corrected chi connectivity index (χ3v) is 5.65. The molecule has 1 N–H and O–H groups in total. The molecule has 2 rings (SSSR count). The molecule has 0 aromatic heterocycles. The molecule has 0 atom stereocenters. The number of hydrogen-bond acceptors (Lipinski definition) is 2. The Balaban J connectivity index is 2.69. The average molecular weight is 660 g/mol. The van der Waals surface area contributed by atoms with Crippen LogP contribution in [0.15, 0.2) is 43.0 Å². The molecule has 202 valence electrons. The highest BCUT2D eigenvalue weighted by Crippen LogP contribution is 2.54. The molecule has 0 fully saturated rings. The van der Waals surface area contributed by atoms with Gasteiger partial charge in [0.1, 0.15) is 0 Å². The van der Waals surface area contributed by atoms with Crippen LogP contribution >= 0.6 is 22.6 Å². The first kappa shape index (κ1) is 30.3. The van der Waals surface area contributed by atoms with Gasteiger partial charge in [0.05, 0.1) is 22.5 Å². The molecule has 0 aliphatic rings. The second kappa shape index (κ2) is 10.4. The first-order valence-corrected chi connectivity index (χ1v) is 10.5. The van der Waals surface area contributed by atoms with Crippen LogP contribution in [0.5, 0.6) is 0 Å². The van der Waals surface area contributed by atoms with Crippen LogP contribution in [0, 0.1) is 9.39 Å². The Morgan fingerprint density at radius 2 is 1.57 bits per heavy atom. The van der Waals surface area contributed by atoms with Gasteiger partial charge in [-0.2, -0.15) is 39.5 Å². The normalized spacial score (nSPS) is 12.8. The molecule has 0 spiro atoms. The van der Waals surface area contributed by atoms with Crippen LogP contribution in [0.25, 0.3) is 0 Å². The summed E-state index contributed by atoms with van der Waals surface area (Å²) in [5.41, 5.74) is -13.6. The summed E-state index contributed by atoms with van der Waals surface area (Å²) in [5.74, 6) is -2.98. The molecule has 2 aromatic carbocycles. The van der Waals surface area contributed by atoms with Gasteiger partial charge in [-0.1, -0.05) is 12.1 Å². The van der Waals surface area contributed by atoms with Crippen molar-refractivity contribution in [3.63, 3.8) is 0 Å². The van der Waals surface area contributed by atoms with E-state index in [0.29, 0.717) is 0 Å². The summed E-state index contributed by atoms with van der Waals surface area (Å²) in [6.07, 6.45) is -17.7. The highest BCUT2D eigenvalue weighted by atomic mass is 127. The summed E-state index contributed by atoms with van der Waals surface area (Å²) in [6.45, 7) is 3.11. The number of carbonyl (C=O) groups excluding carboxylic acids is 2. The Labute approximate surface area is 214 Å². The monoisotopic (exact) mass is 660 g/mol. The van der Waals surface area contributed by atoms with Gasteiger partial charge in [0.25, 0.3) is 5.91 Å². The van der Waals surface area contributed by atoms with Gasteiger partial charge in [-0.05, 0) is 46.9 Å². The summed E-state index contributed by atoms with van der Waals surface area (Å²) in [6, 6.07) is 1.98. The first-order valence-electron chi connectivity index (χ1n) is 9.47. The van der Waals surface area contributed by atoms with E-state index in [1.54, 1.807) is 5.32 Å². The number of hydrogen-bond donors (Lipinski definition) is 1. The number of carbonyl (C=O) groups is 2. The molecule has 2 aromatic rings. The highest BCUT2D eigenvalue weighted by molar-refractivity contribution is 14.1. The van der Waals surface area contributed by atoms with Crippen LogP contribution in [0.2, 0.25) is 0 Å². The van der Waals surface area contributed by atoms with Crippen molar-refractivity contribution in [2.24, 2.45) is 0 Å². The van der Waals surface area contributed by atoms with E-state index in [9.17, 15) is 57.9 Å². The Morgan fingerprint density at radius 1 is 1.00 bits per heavy atom. The lowest BCUT2D eigenvalue weighted by atomic mass is 9.92. The smallest absolute Gasteiger partial charge is 0.320 e. The van der Waals surface area contributed by atoms with Crippen molar-refractivity contribution in [1.29, 1.82) is 0 Å². The van der Waals surface area contributed by atoms with Crippen LogP contribution in [0.3, 0.4) is 0 Å². The summed E-state index contributed by atoms with van der Waals surface area (Å²) in [5, 5.41) is 1.60. The van der Waals surface area contributed by atoms with E-state index in [2.05, 4.69) is 6.58 Å². The summed E-state index contributed by atoms with van der Waals surface area (Å²) in [7, 11) is 0. The third-order valence-electron chi connectivity index (χ3n) is 4.80. The number of nitrogens with one attached hydrogen (secondary N) is 1. The number of amides is 2. The van der Waals surface area contributed by atoms with E-state index in [-0.39, 0.29) is 19.0 Å². The van der Waals surface area contributed by atoms with Gasteiger partial charge in [0, 0.05) is 15.7 Å². The lowest BCUT2D eigenvalue weighted by Gasteiger charge is -2.31. The zero-order valence-corrected chi connectivity index (χ0v) is 19.9. The number of benzene rings is 2. The van der Waals surface area contributed by atoms with Crippen LogP contribution in [-0.2, 0) is 16.6 Å². The van der Waals surface area contributed by atoms with Gasteiger partial charge in [0.15, 0.2) is 5.82 Å². The number of anilines is 2. The maximum absolute atomic E-state index is 14.9. The molecule has 0 heterocycles. The summed E-state index contributed by atoms with van der Waals surface area (Å²) in [4.78, 5) is 24.5. The van der Waals surface area contributed by atoms with E-state index in [1.165, 1.54) is 6.08 Å². The number of halogens is 12. The average Bonchev–Trinajstić information content (AvgIpc) is 2.76. The SMILES string of the molecule is C=CCN(C=O)c1cccc(C(=O)Nc2c(I)cc(C(F)(C(F)(F)F)C(F)(F)F)cc2C(F)(F)F)c1F. The van der Waals surface area contributed by atoms with Crippen LogP contribution in [0.4, 0.5) is 59.7 Å². The lowest BCUT2D eigenvalue weighted by molar-refractivity contribution is -0.348. The van der Waals surface area contributed by atoms with Crippen LogP contribution in [0.1, 0.15) is 21.5 Å². The predicted octanol–water partition coefficient (Wildman–Crippen LogP) is 7.14. The second-order valence-electron chi connectivity index (χ2n) is 7.17. The number of rotatable bonds is 7. The summed E-state index contributed by atoms with van der Waals surface area (Å²) >= 11 is 0.868. The molecule has 0 bridgehead atoms. The minimum absolute atomic E-state index is 0.162. The van der Waals surface area contributed by atoms with Crippen molar-refractivity contribution in [2.45, 2.75) is 24.2 Å². The molecule has 16 heteroatoms. The minimum Gasteiger partial charge on any atom is -0.320 e. The van der Waals surface area contributed by atoms with Gasteiger partial charge in [0.2, 0.25) is 6.41 Å². The zero-order valence-electron chi connectivity index (χ0n) is 17.8. The largest absolute Gasteiger partial charge is 0.435 e. The van der Waals surface area contributed by atoms with Gasteiger partial charge in [-0.3, -0.25) is 9.59 Å².